The summed E-state index contributed by atoms with van der Waals surface area (Å²) >= 11 is 9.58. The van der Waals surface area contributed by atoms with Gasteiger partial charge < -0.3 is 20.3 Å². The molecule has 14 heteroatoms. The largest absolute Gasteiger partial charge is 0.452 e. The molecular formula is C27H32Cl4N6O2S2. The van der Waals surface area contributed by atoms with Gasteiger partial charge in [-0.05, 0) is 64.3 Å². The molecule has 4 aromatic rings. The highest BCUT2D eigenvalue weighted by Crippen LogP contribution is 2.40. The summed E-state index contributed by atoms with van der Waals surface area (Å²) in [4.78, 5) is 29.2. The molecule has 41 heavy (non-hydrogen) atoms. The van der Waals surface area contributed by atoms with Crippen molar-refractivity contribution in [3.05, 3.63) is 82.2 Å². The minimum Gasteiger partial charge on any atom is -0.452 e. The maximum atomic E-state index is 12.7. The number of aromatic nitrogens is 3. The van der Waals surface area contributed by atoms with Crippen LogP contribution in [0, 0.1) is 6.92 Å². The number of thioether (sulfide) groups is 1. The van der Waals surface area contributed by atoms with Crippen LogP contribution < -0.4 is 15.4 Å². The van der Waals surface area contributed by atoms with Crippen LogP contribution in [-0.2, 0) is 0 Å². The van der Waals surface area contributed by atoms with Crippen molar-refractivity contribution in [2.24, 2.45) is 0 Å². The molecule has 1 aromatic carbocycles. The lowest BCUT2D eigenvalue weighted by Gasteiger charge is -2.16. The van der Waals surface area contributed by atoms with Crippen molar-refractivity contribution in [2.75, 3.05) is 32.5 Å². The average molecular weight is 679 g/mol. The van der Waals surface area contributed by atoms with Crippen LogP contribution >= 0.6 is 71.9 Å². The summed E-state index contributed by atoms with van der Waals surface area (Å²) < 4.78 is 6.28. The molecule has 4 rings (SSSR count). The van der Waals surface area contributed by atoms with E-state index < -0.39 is 0 Å². The van der Waals surface area contributed by atoms with Gasteiger partial charge in [0, 0.05) is 46.6 Å². The van der Waals surface area contributed by atoms with E-state index in [0.29, 0.717) is 39.6 Å². The Hall–Kier alpha value is -2.31. The van der Waals surface area contributed by atoms with Gasteiger partial charge in [-0.2, -0.15) is 0 Å². The molecule has 0 saturated heterocycles. The number of halogens is 4. The number of nitrogens with one attached hydrogen (secondary N) is 2. The number of anilines is 2. The van der Waals surface area contributed by atoms with Crippen LogP contribution in [0.5, 0.6) is 11.5 Å². The minimum atomic E-state index is -0.198. The van der Waals surface area contributed by atoms with Gasteiger partial charge in [0.15, 0.2) is 16.7 Å². The minimum absolute atomic E-state index is 0. The number of rotatable bonds is 11. The van der Waals surface area contributed by atoms with Crippen LogP contribution in [0.25, 0.3) is 0 Å². The number of nitrogens with zero attached hydrogens (tertiary/aromatic N) is 4. The number of hydrogen-bond donors (Lipinski definition) is 2. The number of pyridine rings is 2. The number of benzene rings is 1. The van der Waals surface area contributed by atoms with Crippen LogP contribution in [0.4, 0.5) is 10.9 Å². The molecule has 0 aliphatic rings. The van der Waals surface area contributed by atoms with E-state index in [2.05, 4.69) is 32.5 Å². The fourth-order valence-corrected chi connectivity index (χ4v) is 5.19. The molecule has 0 spiro atoms. The first-order valence-corrected chi connectivity index (χ1v) is 14.1. The van der Waals surface area contributed by atoms with Crippen LogP contribution in [0.15, 0.2) is 65.1 Å². The van der Waals surface area contributed by atoms with E-state index >= 15 is 0 Å². The molecular weight excluding hydrogens is 646 g/mol. The van der Waals surface area contributed by atoms with Gasteiger partial charge in [-0.3, -0.25) is 9.78 Å². The van der Waals surface area contributed by atoms with E-state index in [-0.39, 0.29) is 48.4 Å². The predicted molar refractivity (Wildman–Crippen MR) is 177 cm³/mol. The third kappa shape index (κ3) is 10.8. The third-order valence-electron chi connectivity index (χ3n) is 5.35. The first-order chi connectivity index (χ1) is 18.3. The fourth-order valence-electron chi connectivity index (χ4n) is 3.39. The van der Waals surface area contributed by atoms with Crippen LogP contribution in [-0.4, -0.2) is 52.9 Å². The number of amides is 1. The zero-order valence-corrected chi connectivity index (χ0v) is 27.6. The Morgan fingerprint density at radius 3 is 2.56 bits per heavy atom. The molecule has 1 unspecified atom stereocenters. The summed E-state index contributed by atoms with van der Waals surface area (Å²) in [7, 11) is 3.91. The first-order valence-electron chi connectivity index (χ1n) is 12.0. The van der Waals surface area contributed by atoms with Gasteiger partial charge in [-0.25, -0.2) is 9.97 Å². The molecule has 1 amide bonds. The number of likely N-dealkylation sites (N-methyl/N-ethyl adjacent to an activating group) is 1. The zero-order chi connectivity index (χ0) is 27.1. The Bertz CT molecular complexity index is 1400. The van der Waals surface area contributed by atoms with E-state index in [1.165, 1.54) is 11.3 Å². The van der Waals surface area contributed by atoms with Crippen molar-refractivity contribution in [3.63, 3.8) is 0 Å². The van der Waals surface area contributed by atoms with Gasteiger partial charge in [0.2, 0.25) is 0 Å². The second-order valence-corrected chi connectivity index (χ2v) is 11.4. The summed E-state index contributed by atoms with van der Waals surface area (Å²) in [6.45, 7) is 5.29. The molecule has 0 bridgehead atoms. The topological polar surface area (TPSA) is 92.3 Å². The summed E-state index contributed by atoms with van der Waals surface area (Å²) in [5.74, 6) is 1.11. The quantitative estimate of drug-likeness (QED) is 0.155. The van der Waals surface area contributed by atoms with Gasteiger partial charge in [0.05, 0.1) is 16.4 Å². The number of ether oxygens (including phenoxy) is 1. The van der Waals surface area contributed by atoms with Crippen molar-refractivity contribution in [1.29, 1.82) is 0 Å². The highest BCUT2D eigenvalue weighted by molar-refractivity contribution is 7.99. The SMILES string of the molecule is Cc1csc(Nc2ncc(SC(C)c3ccccn3)cc2Oc2cc(C(=O)NCCN(C)C)ccc2Cl)n1.Cl.Cl.Cl. The zero-order valence-electron chi connectivity index (χ0n) is 22.8. The maximum absolute atomic E-state index is 12.7. The number of carbonyl (C=O) groups excluding carboxylic acids is 1. The first kappa shape index (κ1) is 36.7. The predicted octanol–water partition coefficient (Wildman–Crippen LogP) is 7.84. The molecule has 222 valence electrons. The van der Waals surface area contributed by atoms with Crippen LogP contribution in [0.3, 0.4) is 0 Å². The Labute approximate surface area is 272 Å². The Balaban J connectivity index is 0.00000280. The van der Waals surface area contributed by atoms with E-state index in [9.17, 15) is 4.79 Å². The highest BCUT2D eigenvalue weighted by atomic mass is 35.5. The number of aryl methyl sites for hydroxylation is 1. The molecule has 0 aliphatic carbocycles. The van der Waals surface area contributed by atoms with E-state index in [0.717, 1.165) is 22.8 Å². The van der Waals surface area contributed by atoms with Crippen molar-refractivity contribution in [3.8, 4) is 11.5 Å². The third-order valence-corrected chi connectivity index (χ3v) is 7.63. The number of carbonyl (C=O) groups is 1. The summed E-state index contributed by atoms with van der Waals surface area (Å²) in [5, 5.41) is 9.29. The smallest absolute Gasteiger partial charge is 0.251 e. The molecule has 3 heterocycles. The van der Waals surface area contributed by atoms with Crippen molar-refractivity contribution in [1.82, 2.24) is 25.2 Å². The maximum Gasteiger partial charge on any atom is 0.251 e. The molecule has 0 aliphatic heterocycles. The van der Waals surface area contributed by atoms with E-state index in [1.54, 1.807) is 42.4 Å². The molecule has 8 nitrogen and oxygen atoms in total. The lowest BCUT2D eigenvalue weighted by Crippen LogP contribution is -2.31. The fraction of sp³-hybridized carbons (Fsp3) is 0.259. The lowest BCUT2D eigenvalue weighted by molar-refractivity contribution is 0.0950. The molecule has 3 aromatic heterocycles. The standard InChI is InChI=1S/C27H29ClN6O2S2.3ClH/c1-17-16-37-27(32-17)33-25-24(14-20(15-31-25)38-18(2)22-7-5-6-10-29-22)36-23-13-19(8-9-21(23)28)26(35)30-11-12-34(3)4;;;/h5-10,13-16,18H,11-12H2,1-4H3,(H,30,35)(H,31,32,33);3*1H. The van der Waals surface area contributed by atoms with Gasteiger partial charge in [-0.15, -0.1) is 60.3 Å². The van der Waals surface area contributed by atoms with Gasteiger partial charge >= 0.3 is 0 Å². The van der Waals surface area contributed by atoms with Gasteiger partial charge in [0.25, 0.3) is 5.91 Å². The average Bonchev–Trinajstić information content (AvgIpc) is 3.31. The van der Waals surface area contributed by atoms with Crippen molar-refractivity contribution < 1.29 is 9.53 Å². The summed E-state index contributed by atoms with van der Waals surface area (Å²) in [6, 6.07) is 12.7. The second-order valence-electron chi connectivity index (χ2n) is 8.76. The van der Waals surface area contributed by atoms with E-state index in [4.69, 9.17) is 16.3 Å². The van der Waals surface area contributed by atoms with Gasteiger partial charge in [0.1, 0.15) is 5.75 Å². The van der Waals surface area contributed by atoms with Crippen molar-refractivity contribution in [2.45, 2.75) is 24.0 Å². The highest BCUT2D eigenvalue weighted by Gasteiger charge is 2.17. The monoisotopic (exact) mass is 676 g/mol. The molecule has 0 fully saturated rings. The summed E-state index contributed by atoms with van der Waals surface area (Å²) in [5.41, 5.74) is 2.33. The Kier molecular flexibility index (Phi) is 15.8. The number of thiazole rings is 1. The molecule has 0 radical (unpaired) electrons. The summed E-state index contributed by atoms with van der Waals surface area (Å²) in [6.07, 6.45) is 3.57. The normalized spacial score (nSPS) is 11.0. The Morgan fingerprint density at radius 1 is 1.12 bits per heavy atom. The second kappa shape index (κ2) is 17.6. The lowest BCUT2D eigenvalue weighted by atomic mass is 10.2. The van der Waals surface area contributed by atoms with E-state index in [1.807, 2.05) is 55.6 Å². The van der Waals surface area contributed by atoms with Crippen LogP contribution in [0.2, 0.25) is 5.02 Å². The molecule has 0 saturated carbocycles. The van der Waals surface area contributed by atoms with Crippen molar-refractivity contribution >= 4 is 88.8 Å². The van der Waals surface area contributed by atoms with Gasteiger partial charge in [-0.1, -0.05) is 17.7 Å². The molecule has 2 N–H and O–H groups in total. The molecule has 1 atom stereocenters. The number of hydrogen-bond acceptors (Lipinski definition) is 9. The Morgan fingerprint density at radius 2 is 1.90 bits per heavy atom. The van der Waals surface area contributed by atoms with Crippen LogP contribution in [0.1, 0.15) is 33.9 Å².